The van der Waals surface area contributed by atoms with Gasteiger partial charge in [0.1, 0.15) is 0 Å². The van der Waals surface area contributed by atoms with Gasteiger partial charge in [0, 0.05) is 45.6 Å². The highest BCUT2D eigenvalue weighted by Crippen LogP contribution is 2.24. The Bertz CT molecular complexity index is 961. The number of hydrogen-bond acceptors (Lipinski definition) is 3. The molecule has 1 N–H and O–H groups in total. The minimum Gasteiger partial charge on any atom is -0.357 e. The Hall–Kier alpha value is -2.32. The molecule has 30 heavy (non-hydrogen) atoms. The van der Waals surface area contributed by atoms with Crippen molar-refractivity contribution < 1.29 is 8.42 Å². The van der Waals surface area contributed by atoms with Gasteiger partial charge in [-0.1, -0.05) is 24.6 Å². The fourth-order valence-corrected chi connectivity index (χ4v) is 5.47. The van der Waals surface area contributed by atoms with Crippen molar-refractivity contribution >= 4 is 16.0 Å². The van der Waals surface area contributed by atoms with E-state index in [1.54, 1.807) is 16.4 Å². The Morgan fingerprint density at radius 3 is 2.53 bits per heavy atom. The Morgan fingerprint density at radius 1 is 1.13 bits per heavy atom. The van der Waals surface area contributed by atoms with E-state index in [4.69, 9.17) is 4.99 Å². The lowest BCUT2D eigenvalue weighted by molar-refractivity contribution is 0.346. The molecule has 3 rings (SSSR count). The molecular formula is C22H33N5O2S. The minimum absolute atomic E-state index is 0.309. The molecule has 0 unspecified atom stereocenters. The smallest absolute Gasteiger partial charge is 0.243 e. The lowest BCUT2D eigenvalue weighted by Crippen LogP contribution is -2.39. The molecule has 0 atom stereocenters. The molecule has 1 saturated heterocycles. The molecule has 0 saturated carbocycles. The van der Waals surface area contributed by atoms with Gasteiger partial charge in [-0.3, -0.25) is 0 Å². The standard InChI is InChI=1S/C22H33N5O2S/c1-4-23-22(26(3)18-20-12-10-14-25(20)2)24-17-19-11-6-7-13-21(19)30(28,29)27-15-8-5-9-16-27/h6-7,10-14H,4-5,8-9,15-18H2,1-3H3,(H,23,24). The van der Waals surface area contributed by atoms with Crippen molar-refractivity contribution in [1.82, 2.24) is 19.1 Å². The first-order valence-electron chi connectivity index (χ1n) is 10.6. The SMILES string of the molecule is CCNC(=NCc1ccccc1S(=O)(=O)N1CCCCC1)N(C)Cc1cccn1C. The molecule has 2 aromatic rings. The van der Waals surface area contributed by atoms with E-state index in [1.807, 2.05) is 45.4 Å². The largest absolute Gasteiger partial charge is 0.357 e. The Kier molecular flexibility index (Phi) is 7.55. The molecule has 0 amide bonds. The van der Waals surface area contributed by atoms with Crippen LogP contribution in [0.5, 0.6) is 0 Å². The van der Waals surface area contributed by atoms with E-state index in [0.717, 1.165) is 37.3 Å². The lowest BCUT2D eigenvalue weighted by atomic mass is 10.2. The highest BCUT2D eigenvalue weighted by Gasteiger charge is 2.27. The predicted octanol–water partition coefficient (Wildman–Crippen LogP) is 2.80. The monoisotopic (exact) mass is 431 g/mol. The highest BCUT2D eigenvalue weighted by atomic mass is 32.2. The van der Waals surface area contributed by atoms with Crippen LogP contribution in [0.4, 0.5) is 0 Å². The maximum Gasteiger partial charge on any atom is 0.243 e. The second-order valence-electron chi connectivity index (χ2n) is 7.71. The normalized spacial score (nSPS) is 15.9. The summed E-state index contributed by atoms with van der Waals surface area (Å²) < 4.78 is 30.1. The van der Waals surface area contributed by atoms with E-state index in [2.05, 4.69) is 20.9 Å². The van der Waals surface area contributed by atoms with Crippen molar-refractivity contribution in [1.29, 1.82) is 0 Å². The average molecular weight is 432 g/mol. The Morgan fingerprint density at radius 2 is 1.87 bits per heavy atom. The number of piperidine rings is 1. The topological polar surface area (TPSA) is 69.9 Å². The van der Waals surface area contributed by atoms with Gasteiger partial charge in [-0.05, 0) is 43.5 Å². The van der Waals surface area contributed by atoms with E-state index < -0.39 is 10.0 Å². The summed E-state index contributed by atoms with van der Waals surface area (Å²) in [4.78, 5) is 7.18. The van der Waals surface area contributed by atoms with Crippen LogP contribution >= 0.6 is 0 Å². The van der Waals surface area contributed by atoms with Gasteiger partial charge in [-0.25, -0.2) is 13.4 Å². The summed E-state index contributed by atoms with van der Waals surface area (Å²) in [5, 5.41) is 3.31. The van der Waals surface area contributed by atoms with Crippen LogP contribution in [0.25, 0.3) is 0 Å². The number of benzene rings is 1. The third kappa shape index (κ3) is 5.23. The number of nitrogens with zero attached hydrogens (tertiary/aromatic N) is 4. The Labute approximate surface area is 180 Å². The quantitative estimate of drug-likeness (QED) is 0.541. The molecule has 164 valence electrons. The molecule has 0 radical (unpaired) electrons. The Balaban J connectivity index is 1.81. The highest BCUT2D eigenvalue weighted by molar-refractivity contribution is 7.89. The van der Waals surface area contributed by atoms with E-state index in [9.17, 15) is 8.42 Å². The van der Waals surface area contributed by atoms with Crippen LogP contribution in [-0.2, 0) is 30.2 Å². The number of sulfonamides is 1. The summed E-state index contributed by atoms with van der Waals surface area (Å²) in [5.74, 6) is 0.754. The van der Waals surface area contributed by atoms with Crippen molar-refractivity contribution in [2.45, 2.75) is 44.2 Å². The van der Waals surface area contributed by atoms with Gasteiger partial charge in [-0.2, -0.15) is 4.31 Å². The zero-order chi connectivity index (χ0) is 21.6. The summed E-state index contributed by atoms with van der Waals surface area (Å²) in [7, 11) is 0.521. The van der Waals surface area contributed by atoms with Gasteiger partial charge >= 0.3 is 0 Å². The molecule has 0 spiro atoms. The number of aryl methyl sites for hydroxylation is 1. The number of guanidine groups is 1. The van der Waals surface area contributed by atoms with Gasteiger partial charge < -0.3 is 14.8 Å². The van der Waals surface area contributed by atoms with E-state index in [0.29, 0.717) is 31.1 Å². The summed E-state index contributed by atoms with van der Waals surface area (Å²) in [6.07, 6.45) is 4.97. The van der Waals surface area contributed by atoms with Gasteiger partial charge in [0.05, 0.1) is 18.0 Å². The molecule has 1 aliphatic rings. The molecule has 2 heterocycles. The van der Waals surface area contributed by atoms with Gasteiger partial charge in [0.25, 0.3) is 0 Å². The first-order chi connectivity index (χ1) is 14.4. The number of aliphatic imine (C=N–C) groups is 1. The molecule has 1 aliphatic heterocycles. The van der Waals surface area contributed by atoms with Crippen molar-refractivity contribution in [3.8, 4) is 0 Å². The van der Waals surface area contributed by atoms with Crippen LogP contribution in [-0.4, -0.2) is 54.8 Å². The van der Waals surface area contributed by atoms with Crippen LogP contribution in [0.15, 0.2) is 52.5 Å². The molecule has 1 aromatic carbocycles. The van der Waals surface area contributed by atoms with E-state index in [1.165, 1.54) is 5.69 Å². The summed E-state index contributed by atoms with van der Waals surface area (Å²) in [6, 6.07) is 11.3. The minimum atomic E-state index is -3.49. The van der Waals surface area contributed by atoms with Gasteiger partial charge in [0.2, 0.25) is 10.0 Å². The molecular weight excluding hydrogens is 398 g/mol. The van der Waals surface area contributed by atoms with Gasteiger partial charge in [-0.15, -0.1) is 0 Å². The number of rotatable bonds is 7. The third-order valence-corrected chi connectivity index (χ3v) is 7.45. The van der Waals surface area contributed by atoms with E-state index >= 15 is 0 Å². The van der Waals surface area contributed by atoms with E-state index in [-0.39, 0.29) is 0 Å². The van der Waals surface area contributed by atoms with Crippen LogP contribution in [0.1, 0.15) is 37.4 Å². The molecule has 0 aliphatic carbocycles. The fraction of sp³-hybridized carbons (Fsp3) is 0.500. The zero-order valence-electron chi connectivity index (χ0n) is 18.2. The molecule has 1 fully saturated rings. The molecule has 0 bridgehead atoms. The second kappa shape index (κ2) is 10.1. The maximum atomic E-state index is 13.2. The number of hydrogen-bond donors (Lipinski definition) is 1. The fourth-order valence-electron chi connectivity index (χ4n) is 3.74. The molecule has 8 heteroatoms. The van der Waals surface area contributed by atoms with Crippen molar-refractivity contribution in [2.75, 3.05) is 26.7 Å². The number of aromatic nitrogens is 1. The number of nitrogens with one attached hydrogen (secondary N) is 1. The predicted molar refractivity (Wildman–Crippen MR) is 121 cm³/mol. The lowest BCUT2D eigenvalue weighted by Gasteiger charge is -2.27. The van der Waals surface area contributed by atoms with Crippen molar-refractivity contribution in [3.05, 3.63) is 53.9 Å². The zero-order valence-corrected chi connectivity index (χ0v) is 19.0. The van der Waals surface area contributed by atoms with Crippen LogP contribution in [0, 0.1) is 0 Å². The molecule has 1 aromatic heterocycles. The molecule has 7 nitrogen and oxygen atoms in total. The van der Waals surface area contributed by atoms with Crippen molar-refractivity contribution in [2.24, 2.45) is 12.0 Å². The summed E-state index contributed by atoms with van der Waals surface area (Å²) in [6.45, 7) is 4.99. The third-order valence-electron chi connectivity index (χ3n) is 5.45. The first-order valence-corrected chi connectivity index (χ1v) is 12.0. The van der Waals surface area contributed by atoms with Crippen molar-refractivity contribution in [3.63, 3.8) is 0 Å². The van der Waals surface area contributed by atoms with Gasteiger partial charge in [0.15, 0.2) is 5.96 Å². The summed E-state index contributed by atoms with van der Waals surface area (Å²) in [5.41, 5.74) is 1.90. The van der Waals surface area contributed by atoms with Crippen LogP contribution in [0.2, 0.25) is 0 Å². The first kappa shape index (κ1) is 22.4. The van der Waals surface area contributed by atoms with Crippen LogP contribution < -0.4 is 5.32 Å². The summed E-state index contributed by atoms with van der Waals surface area (Å²) >= 11 is 0. The maximum absolute atomic E-state index is 13.2. The average Bonchev–Trinajstić information content (AvgIpc) is 3.16. The second-order valence-corrected chi connectivity index (χ2v) is 9.62. The van der Waals surface area contributed by atoms with Crippen LogP contribution in [0.3, 0.4) is 0 Å².